The number of benzene rings is 2. The Bertz CT molecular complexity index is 1100. The van der Waals surface area contributed by atoms with Crippen LogP contribution in [0.5, 0.6) is 0 Å². The molecule has 8 nitrogen and oxygen atoms in total. The number of nitro groups is 1. The van der Waals surface area contributed by atoms with Crippen LogP contribution in [0.3, 0.4) is 0 Å². The molecule has 1 N–H and O–H groups in total. The number of halogens is 1. The maximum absolute atomic E-state index is 12.3. The molecule has 1 aliphatic heterocycles. The quantitative estimate of drug-likeness (QED) is 0.449. The third-order valence-electron chi connectivity index (χ3n) is 5.00. The Labute approximate surface area is 182 Å². The van der Waals surface area contributed by atoms with Gasteiger partial charge < -0.3 is 14.8 Å². The van der Waals surface area contributed by atoms with Gasteiger partial charge >= 0.3 is 6.09 Å². The van der Waals surface area contributed by atoms with Crippen LogP contribution in [0, 0.1) is 10.1 Å². The number of nitrogens with zero attached hydrogens (tertiary/aromatic N) is 2. The van der Waals surface area contributed by atoms with E-state index in [9.17, 15) is 14.9 Å². The van der Waals surface area contributed by atoms with Crippen LogP contribution in [0.15, 0.2) is 66.9 Å². The molecule has 1 saturated heterocycles. The van der Waals surface area contributed by atoms with Crippen molar-refractivity contribution in [2.75, 3.05) is 13.2 Å². The summed E-state index contributed by atoms with van der Waals surface area (Å²) >= 11 is 6.17. The number of rotatable bonds is 6. The summed E-state index contributed by atoms with van der Waals surface area (Å²) < 4.78 is 10.7. The molecule has 0 aliphatic carbocycles. The highest BCUT2D eigenvalue weighted by atomic mass is 35.5. The minimum atomic E-state index is -0.682. The normalized spacial score (nSPS) is 14.4. The average molecular weight is 440 g/mol. The van der Waals surface area contributed by atoms with Gasteiger partial charge in [-0.25, -0.2) is 9.78 Å². The largest absolute Gasteiger partial charge is 0.445 e. The van der Waals surface area contributed by atoms with E-state index < -0.39 is 16.6 Å². The SMILES string of the molecule is O=C(NC1(c2ccc(-c3ncc([N+](=O)[O-])cc3Cl)cc2)COC1)OCc1ccccc1. The van der Waals surface area contributed by atoms with Crippen molar-refractivity contribution in [3.05, 3.63) is 93.1 Å². The topological polar surface area (TPSA) is 104 Å². The minimum absolute atomic E-state index is 0.172. The number of aromatic nitrogens is 1. The molecule has 2 heterocycles. The first-order chi connectivity index (χ1) is 15.0. The van der Waals surface area contributed by atoms with Crippen molar-refractivity contribution in [2.45, 2.75) is 12.1 Å². The Morgan fingerprint density at radius 3 is 2.48 bits per heavy atom. The predicted octanol–water partition coefficient (Wildman–Crippen LogP) is 4.46. The third kappa shape index (κ3) is 4.50. The lowest BCUT2D eigenvalue weighted by molar-refractivity contribution is -0.385. The number of pyridine rings is 1. The van der Waals surface area contributed by atoms with Gasteiger partial charge in [-0.05, 0) is 11.1 Å². The van der Waals surface area contributed by atoms with Crippen LogP contribution in [-0.4, -0.2) is 29.2 Å². The van der Waals surface area contributed by atoms with Gasteiger partial charge in [-0.1, -0.05) is 66.2 Å². The first-order valence-electron chi connectivity index (χ1n) is 9.44. The molecular weight excluding hydrogens is 422 g/mol. The number of amides is 1. The zero-order valence-electron chi connectivity index (χ0n) is 16.3. The molecule has 2 aromatic carbocycles. The van der Waals surface area contributed by atoms with Crippen molar-refractivity contribution in [2.24, 2.45) is 0 Å². The minimum Gasteiger partial charge on any atom is -0.445 e. The smallest absolute Gasteiger partial charge is 0.408 e. The van der Waals surface area contributed by atoms with E-state index in [0.717, 1.165) is 11.1 Å². The van der Waals surface area contributed by atoms with E-state index in [1.54, 1.807) is 12.1 Å². The highest BCUT2D eigenvalue weighted by molar-refractivity contribution is 6.33. The summed E-state index contributed by atoms with van der Waals surface area (Å²) in [6, 6.07) is 18.0. The molecule has 0 radical (unpaired) electrons. The first-order valence-corrected chi connectivity index (χ1v) is 9.82. The second-order valence-corrected chi connectivity index (χ2v) is 7.53. The zero-order chi connectivity index (χ0) is 21.8. The molecule has 9 heteroatoms. The molecule has 3 aromatic rings. The van der Waals surface area contributed by atoms with Gasteiger partial charge in [0.15, 0.2) is 0 Å². The number of hydrogen-bond donors (Lipinski definition) is 1. The lowest BCUT2D eigenvalue weighted by Gasteiger charge is -2.42. The van der Waals surface area contributed by atoms with Gasteiger partial charge in [-0.3, -0.25) is 10.1 Å². The van der Waals surface area contributed by atoms with Gasteiger partial charge in [-0.2, -0.15) is 0 Å². The van der Waals surface area contributed by atoms with E-state index in [1.807, 2.05) is 42.5 Å². The van der Waals surface area contributed by atoms with Crippen molar-refractivity contribution in [1.82, 2.24) is 10.3 Å². The lowest BCUT2D eigenvalue weighted by atomic mass is 9.87. The molecule has 0 spiro atoms. The second-order valence-electron chi connectivity index (χ2n) is 7.12. The molecule has 1 aliphatic rings. The summed E-state index contributed by atoms with van der Waals surface area (Å²) in [5, 5.41) is 14.0. The van der Waals surface area contributed by atoms with Crippen LogP contribution in [-0.2, 0) is 21.6 Å². The zero-order valence-corrected chi connectivity index (χ0v) is 17.0. The molecule has 4 rings (SSSR count). The number of nitrogens with one attached hydrogen (secondary N) is 1. The monoisotopic (exact) mass is 439 g/mol. The van der Waals surface area contributed by atoms with Crippen molar-refractivity contribution < 1.29 is 19.2 Å². The fraction of sp³-hybridized carbons (Fsp3) is 0.182. The van der Waals surface area contributed by atoms with Crippen LogP contribution in [0.4, 0.5) is 10.5 Å². The van der Waals surface area contributed by atoms with Crippen LogP contribution < -0.4 is 5.32 Å². The molecule has 0 saturated carbocycles. The third-order valence-corrected chi connectivity index (χ3v) is 5.29. The van der Waals surface area contributed by atoms with Gasteiger partial charge in [0.2, 0.25) is 0 Å². The molecule has 1 amide bonds. The summed E-state index contributed by atoms with van der Waals surface area (Å²) in [5.74, 6) is 0. The number of alkyl carbamates (subject to hydrolysis) is 1. The second kappa shape index (κ2) is 8.71. The van der Waals surface area contributed by atoms with E-state index in [1.165, 1.54) is 12.3 Å². The van der Waals surface area contributed by atoms with Crippen molar-refractivity contribution in [3.8, 4) is 11.3 Å². The average Bonchev–Trinajstić information content (AvgIpc) is 2.76. The maximum atomic E-state index is 12.3. The molecule has 0 bridgehead atoms. The van der Waals surface area contributed by atoms with Crippen LogP contribution in [0.25, 0.3) is 11.3 Å². The summed E-state index contributed by atoms with van der Waals surface area (Å²) in [6.07, 6.45) is 0.636. The first kappa shape index (κ1) is 20.8. The highest BCUT2D eigenvalue weighted by Gasteiger charge is 2.42. The van der Waals surface area contributed by atoms with Gasteiger partial charge in [-0.15, -0.1) is 0 Å². The molecule has 0 atom stereocenters. The van der Waals surface area contributed by atoms with E-state index in [0.29, 0.717) is 24.5 Å². The Balaban J connectivity index is 1.46. The van der Waals surface area contributed by atoms with E-state index in [-0.39, 0.29) is 17.3 Å². The van der Waals surface area contributed by atoms with Crippen molar-refractivity contribution in [1.29, 1.82) is 0 Å². The standard InChI is InChI=1S/C22H18ClN3O5/c23-19-10-18(26(28)29)11-24-20(19)16-6-8-17(9-7-16)22(13-30-14-22)25-21(27)31-12-15-4-2-1-3-5-15/h1-11H,12-14H2,(H,25,27). The fourth-order valence-electron chi connectivity index (χ4n) is 3.26. The lowest BCUT2D eigenvalue weighted by Crippen LogP contribution is -2.59. The molecule has 31 heavy (non-hydrogen) atoms. The van der Waals surface area contributed by atoms with Crippen LogP contribution in [0.2, 0.25) is 5.02 Å². The number of hydrogen-bond acceptors (Lipinski definition) is 6. The van der Waals surface area contributed by atoms with Gasteiger partial charge in [0.1, 0.15) is 18.3 Å². The number of ether oxygens (including phenoxy) is 2. The summed E-state index contributed by atoms with van der Waals surface area (Å²) in [5.41, 5.74) is 2.03. The summed E-state index contributed by atoms with van der Waals surface area (Å²) in [7, 11) is 0. The van der Waals surface area contributed by atoms with E-state index >= 15 is 0 Å². The molecule has 0 unspecified atom stereocenters. The van der Waals surface area contributed by atoms with E-state index in [4.69, 9.17) is 21.1 Å². The van der Waals surface area contributed by atoms with Gasteiger partial charge in [0.05, 0.1) is 28.9 Å². The van der Waals surface area contributed by atoms with Crippen LogP contribution in [0.1, 0.15) is 11.1 Å². The van der Waals surface area contributed by atoms with Crippen molar-refractivity contribution >= 4 is 23.4 Å². The Morgan fingerprint density at radius 2 is 1.90 bits per heavy atom. The number of carbonyl (C=O) groups excluding carboxylic acids is 1. The predicted molar refractivity (Wildman–Crippen MR) is 114 cm³/mol. The molecule has 1 aromatic heterocycles. The maximum Gasteiger partial charge on any atom is 0.408 e. The van der Waals surface area contributed by atoms with Crippen LogP contribution >= 0.6 is 11.6 Å². The van der Waals surface area contributed by atoms with Gasteiger partial charge in [0, 0.05) is 11.6 Å². The fourth-order valence-corrected chi connectivity index (χ4v) is 3.53. The van der Waals surface area contributed by atoms with Gasteiger partial charge in [0.25, 0.3) is 5.69 Å². The molecule has 1 fully saturated rings. The summed E-state index contributed by atoms with van der Waals surface area (Å²) in [4.78, 5) is 26.8. The van der Waals surface area contributed by atoms with Crippen molar-refractivity contribution in [3.63, 3.8) is 0 Å². The Morgan fingerprint density at radius 1 is 1.19 bits per heavy atom. The van der Waals surface area contributed by atoms with E-state index in [2.05, 4.69) is 10.3 Å². The molecular formula is C22H18ClN3O5. The number of carbonyl (C=O) groups is 1. The Kier molecular flexibility index (Phi) is 5.83. The molecule has 158 valence electrons. The summed E-state index contributed by atoms with van der Waals surface area (Å²) in [6.45, 7) is 0.819. The Hall–Kier alpha value is -3.49. The highest BCUT2D eigenvalue weighted by Crippen LogP contribution is 2.33.